The summed E-state index contributed by atoms with van der Waals surface area (Å²) < 4.78 is 5.40. The highest BCUT2D eigenvalue weighted by atomic mass is 16.5. The summed E-state index contributed by atoms with van der Waals surface area (Å²) in [4.78, 5) is 8.77. The summed E-state index contributed by atoms with van der Waals surface area (Å²) in [6, 6.07) is 6.19. The molecule has 1 aliphatic rings. The van der Waals surface area contributed by atoms with Crippen molar-refractivity contribution in [2.75, 3.05) is 11.9 Å². The highest BCUT2D eigenvalue weighted by Gasteiger charge is 2.39. The molecule has 0 aliphatic heterocycles. The van der Waals surface area contributed by atoms with E-state index >= 15 is 0 Å². The summed E-state index contributed by atoms with van der Waals surface area (Å²) in [5.41, 5.74) is 0.182. The van der Waals surface area contributed by atoms with Crippen molar-refractivity contribution in [3.8, 4) is 17.5 Å². The minimum atomic E-state index is -0.610. The van der Waals surface area contributed by atoms with E-state index in [9.17, 15) is 5.26 Å². The standard InChI is InChI=1S/C16H19N5O/c1-2-18-13-7-6-12(10-19-13)14-20-15(22-21-14)16(11-17)8-4-3-5-9-16/h6-7,10H,2-5,8-9H2,1H3,(H,18,19). The molecule has 0 aromatic carbocycles. The number of hydrogen-bond donors (Lipinski definition) is 1. The summed E-state index contributed by atoms with van der Waals surface area (Å²) in [7, 11) is 0. The van der Waals surface area contributed by atoms with E-state index < -0.39 is 5.41 Å². The second-order valence-electron chi connectivity index (χ2n) is 5.64. The van der Waals surface area contributed by atoms with Gasteiger partial charge in [0.2, 0.25) is 11.7 Å². The van der Waals surface area contributed by atoms with Gasteiger partial charge in [0.1, 0.15) is 11.2 Å². The molecule has 1 fully saturated rings. The Balaban J connectivity index is 1.85. The molecule has 0 amide bonds. The van der Waals surface area contributed by atoms with Crippen molar-refractivity contribution < 1.29 is 4.52 Å². The molecule has 6 nitrogen and oxygen atoms in total. The SMILES string of the molecule is CCNc1ccc(-c2noc(C3(C#N)CCCCC3)n2)cn1. The van der Waals surface area contributed by atoms with Crippen LogP contribution in [-0.2, 0) is 5.41 Å². The van der Waals surface area contributed by atoms with E-state index in [-0.39, 0.29) is 0 Å². The van der Waals surface area contributed by atoms with Gasteiger partial charge in [-0.05, 0) is 31.9 Å². The van der Waals surface area contributed by atoms with Gasteiger partial charge >= 0.3 is 0 Å². The van der Waals surface area contributed by atoms with E-state index in [1.54, 1.807) is 6.20 Å². The molecule has 3 rings (SSSR count). The number of anilines is 1. The van der Waals surface area contributed by atoms with Gasteiger partial charge in [0.15, 0.2) is 0 Å². The molecule has 1 saturated carbocycles. The Morgan fingerprint density at radius 3 is 2.77 bits per heavy atom. The van der Waals surface area contributed by atoms with Crippen molar-refractivity contribution >= 4 is 5.82 Å². The highest BCUT2D eigenvalue weighted by molar-refractivity contribution is 5.55. The van der Waals surface area contributed by atoms with Crippen molar-refractivity contribution in [3.63, 3.8) is 0 Å². The van der Waals surface area contributed by atoms with Crippen LogP contribution < -0.4 is 5.32 Å². The van der Waals surface area contributed by atoms with Gasteiger partial charge in [-0.3, -0.25) is 0 Å². The summed E-state index contributed by atoms with van der Waals surface area (Å²) in [6.45, 7) is 2.84. The smallest absolute Gasteiger partial charge is 0.247 e. The van der Waals surface area contributed by atoms with E-state index in [0.29, 0.717) is 11.7 Å². The van der Waals surface area contributed by atoms with E-state index in [4.69, 9.17) is 4.52 Å². The molecule has 2 aromatic heterocycles. The van der Waals surface area contributed by atoms with Crippen LogP contribution in [0.25, 0.3) is 11.4 Å². The van der Waals surface area contributed by atoms with Crippen molar-refractivity contribution in [1.29, 1.82) is 5.26 Å². The Morgan fingerprint density at radius 2 is 2.14 bits per heavy atom. The van der Waals surface area contributed by atoms with Gasteiger partial charge in [0.25, 0.3) is 0 Å². The molecule has 0 unspecified atom stereocenters. The van der Waals surface area contributed by atoms with E-state index in [2.05, 4.69) is 26.5 Å². The van der Waals surface area contributed by atoms with E-state index in [1.165, 1.54) is 6.42 Å². The summed E-state index contributed by atoms with van der Waals surface area (Å²) in [5.74, 6) is 1.75. The van der Waals surface area contributed by atoms with Crippen molar-refractivity contribution in [2.45, 2.75) is 44.4 Å². The molecule has 0 saturated heterocycles. The predicted molar refractivity (Wildman–Crippen MR) is 82.1 cm³/mol. The Morgan fingerprint density at radius 1 is 1.32 bits per heavy atom. The lowest BCUT2D eigenvalue weighted by Gasteiger charge is -2.26. The number of rotatable bonds is 4. The molecule has 1 N–H and O–H groups in total. The first kappa shape index (κ1) is 14.5. The van der Waals surface area contributed by atoms with Gasteiger partial charge in [-0.2, -0.15) is 10.2 Å². The minimum absolute atomic E-state index is 0.445. The highest BCUT2D eigenvalue weighted by Crippen LogP contribution is 2.38. The van der Waals surface area contributed by atoms with Crippen LogP contribution >= 0.6 is 0 Å². The van der Waals surface area contributed by atoms with E-state index in [0.717, 1.165) is 43.6 Å². The van der Waals surface area contributed by atoms with Gasteiger partial charge in [-0.15, -0.1) is 0 Å². The quantitative estimate of drug-likeness (QED) is 0.931. The summed E-state index contributed by atoms with van der Waals surface area (Å²) in [6.07, 6.45) is 6.53. The van der Waals surface area contributed by atoms with Crippen LogP contribution in [0.2, 0.25) is 0 Å². The molecule has 2 heterocycles. The molecule has 0 atom stereocenters. The van der Waals surface area contributed by atoms with Crippen LogP contribution in [0.5, 0.6) is 0 Å². The molecular formula is C16H19N5O. The number of nitriles is 1. The van der Waals surface area contributed by atoms with Gasteiger partial charge < -0.3 is 9.84 Å². The third kappa shape index (κ3) is 2.67. The monoisotopic (exact) mass is 297 g/mol. The zero-order chi connectivity index (χ0) is 15.4. The average molecular weight is 297 g/mol. The molecule has 6 heteroatoms. The number of hydrogen-bond acceptors (Lipinski definition) is 6. The maximum atomic E-state index is 9.57. The Hall–Kier alpha value is -2.42. The van der Waals surface area contributed by atoms with Crippen molar-refractivity contribution in [2.24, 2.45) is 0 Å². The third-order valence-corrected chi connectivity index (χ3v) is 4.14. The Kier molecular flexibility index (Phi) is 4.05. The number of aromatic nitrogens is 3. The summed E-state index contributed by atoms with van der Waals surface area (Å²) in [5, 5.41) is 16.7. The first-order valence-electron chi connectivity index (χ1n) is 7.73. The molecule has 2 aromatic rings. The normalized spacial score (nSPS) is 16.9. The predicted octanol–water partition coefficient (Wildman–Crippen LogP) is 3.29. The first-order valence-corrected chi connectivity index (χ1v) is 7.73. The Bertz CT molecular complexity index is 665. The minimum Gasteiger partial charge on any atom is -0.370 e. The molecule has 0 radical (unpaired) electrons. The van der Waals surface area contributed by atoms with Crippen LogP contribution in [0.4, 0.5) is 5.82 Å². The molecular weight excluding hydrogens is 278 g/mol. The van der Waals surface area contributed by atoms with Crippen LogP contribution in [0.1, 0.15) is 44.9 Å². The molecule has 22 heavy (non-hydrogen) atoms. The van der Waals surface area contributed by atoms with Gasteiger partial charge in [-0.1, -0.05) is 24.4 Å². The largest absolute Gasteiger partial charge is 0.370 e. The zero-order valence-electron chi connectivity index (χ0n) is 12.7. The average Bonchev–Trinajstić information content (AvgIpc) is 3.07. The lowest BCUT2D eigenvalue weighted by Crippen LogP contribution is -2.27. The van der Waals surface area contributed by atoms with Crippen molar-refractivity contribution in [3.05, 3.63) is 24.2 Å². The van der Waals surface area contributed by atoms with Crippen LogP contribution in [-0.4, -0.2) is 21.7 Å². The number of nitrogens with one attached hydrogen (secondary N) is 1. The second kappa shape index (κ2) is 6.14. The van der Waals surface area contributed by atoms with Gasteiger partial charge in [0, 0.05) is 18.3 Å². The fourth-order valence-electron chi connectivity index (χ4n) is 2.88. The molecule has 0 bridgehead atoms. The fourth-order valence-corrected chi connectivity index (χ4v) is 2.88. The van der Waals surface area contributed by atoms with Gasteiger partial charge in [-0.25, -0.2) is 4.98 Å². The number of pyridine rings is 1. The van der Waals surface area contributed by atoms with Crippen LogP contribution in [0.15, 0.2) is 22.9 Å². The molecule has 114 valence electrons. The fraction of sp³-hybridized carbons (Fsp3) is 0.500. The van der Waals surface area contributed by atoms with E-state index in [1.807, 2.05) is 19.1 Å². The maximum absolute atomic E-state index is 9.57. The Labute approximate surface area is 129 Å². The van der Waals surface area contributed by atoms with Crippen LogP contribution in [0, 0.1) is 11.3 Å². The maximum Gasteiger partial charge on any atom is 0.247 e. The van der Waals surface area contributed by atoms with Crippen molar-refractivity contribution in [1.82, 2.24) is 15.1 Å². The zero-order valence-corrected chi connectivity index (χ0v) is 12.7. The molecule has 1 aliphatic carbocycles. The second-order valence-corrected chi connectivity index (χ2v) is 5.64. The third-order valence-electron chi connectivity index (χ3n) is 4.14. The summed E-state index contributed by atoms with van der Waals surface area (Å²) >= 11 is 0. The van der Waals surface area contributed by atoms with Gasteiger partial charge in [0.05, 0.1) is 6.07 Å². The number of nitrogens with zero attached hydrogens (tertiary/aromatic N) is 4. The lowest BCUT2D eigenvalue weighted by atomic mass is 9.75. The molecule has 0 spiro atoms. The first-order chi connectivity index (χ1) is 10.8. The lowest BCUT2D eigenvalue weighted by molar-refractivity contribution is 0.264. The topological polar surface area (TPSA) is 87.6 Å². The van der Waals surface area contributed by atoms with Crippen LogP contribution in [0.3, 0.4) is 0 Å².